The second-order valence-corrected chi connectivity index (χ2v) is 8.25. The number of benzene rings is 2. The van der Waals surface area contributed by atoms with Crippen molar-refractivity contribution < 1.29 is 4.79 Å². The van der Waals surface area contributed by atoms with Gasteiger partial charge in [0.05, 0.1) is 12.0 Å². The summed E-state index contributed by atoms with van der Waals surface area (Å²) in [5.41, 5.74) is 10.7. The van der Waals surface area contributed by atoms with Crippen LogP contribution in [0.15, 0.2) is 59.7 Å². The number of rotatable bonds is 7. The lowest BCUT2D eigenvalue weighted by atomic mass is 10.2. The van der Waals surface area contributed by atoms with Gasteiger partial charge in [0, 0.05) is 28.4 Å². The molecule has 0 aliphatic heterocycles. The van der Waals surface area contributed by atoms with Crippen LogP contribution in [0, 0.1) is 27.7 Å². The summed E-state index contributed by atoms with van der Waals surface area (Å²) >= 11 is 1.58. The van der Waals surface area contributed by atoms with Crippen molar-refractivity contribution in [1.82, 2.24) is 9.99 Å². The van der Waals surface area contributed by atoms with Gasteiger partial charge in [-0.05, 0) is 51.5 Å². The summed E-state index contributed by atoms with van der Waals surface area (Å²) in [6.07, 6.45) is 1.72. The van der Waals surface area contributed by atoms with Crippen molar-refractivity contribution in [3.05, 3.63) is 88.2 Å². The molecule has 0 aliphatic carbocycles. The Morgan fingerprint density at radius 1 is 1.00 bits per heavy atom. The van der Waals surface area contributed by atoms with Gasteiger partial charge >= 0.3 is 0 Å². The van der Waals surface area contributed by atoms with E-state index >= 15 is 0 Å². The molecule has 0 spiro atoms. The Labute approximate surface area is 177 Å². The van der Waals surface area contributed by atoms with Crippen molar-refractivity contribution in [2.75, 3.05) is 5.75 Å². The number of thioether (sulfide) groups is 1. The topological polar surface area (TPSA) is 46.4 Å². The number of hydrogen-bond donors (Lipinski definition) is 1. The molecule has 1 amide bonds. The zero-order valence-corrected chi connectivity index (χ0v) is 18.2. The van der Waals surface area contributed by atoms with Crippen LogP contribution in [0.2, 0.25) is 0 Å². The third-order valence-electron chi connectivity index (χ3n) is 4.78. The highest BCUT2D eigenvalue weighted by Gasteiger charge is 2.09. The molecule has 29 heavy (non-hydrogen) atoms. The monoisotopic (exact) mass is 405 g/mol. The van der Waals surface area contributed by atoms with Crippen molar-refractivity contribution >= 4 is 23.9 Å². The number of carbonyl (C=O) groups excluding carboxylic acids is 1. The number of hydrogen-bond acceptors (Lipinski definition) is 3. The van der Waals surface area contributed by atoms with E-state index in [-0.39, 0.29) is 5.91 Å². The summed E-state index contributed by atoms with van der Waals surface area (Å²) in [5.74, 6) is 1.11. The number of hydrazone groups is 1. The molecule has 1 aromatic heterocycles. The Kier molecular flexibility index (Phi) is 6.94. The van der Waals surface area contributed by atoms with E-state index in [1.165, 1.54) is 16.7 Å². The maximum absolute atomic E-state index is 12.0. The quantitative estimate of drug-likeness (QED) is 0.439. The van der Waals surface area contributed by atoms with Crippen LogP contribution in [0.4, 0.5) is 0 Å². The fraction of sp³-hybridized carbons (Fsp3) is 0.250. The summed E-state index contributed by atoms with van der Waals surface area (Å²) in [4.78, 5) is 12.0. The third-order valence-corrected chi connectivity index (χ3v) is 5.78. The minimum absolute atomic E-state index is 0.0919. The van der Waals surface area contributed by atoms with Gasteiger partial charge in [0.1, 0.15) is 0 Å². The molecule has 3 aromatic rings. The van der Waals surface area contributed by atoms with Gasteiger partial charge in [-0.25, -0.2) is 5.43 Å². The lowest BCUT2D eigenvalue weighted by Gasteiger charge is -2.09. The van der Waals surface area contributed by atoms with E-state index in [0.29, 0.717) is 5.75 Å². The van der Waals surface area contributed by atoms with Crippen LogP contribution in [0.25, 0.3) is 5.69 Å². The Morgan fingerprint density at radius 3 is 2.28 bits per heavy atom. The van der Waals surface area contributed by atoms with Crippen LogP contribution in [-0.4, -0.2) is 22.4 Å². The van der Waals surface area contributed by atoms with E-state index in [0.717, 1.165) is 28.4 Å². The lowest BCUT2D eigenvalue weighted by Crippen LogP contribution is -2.19. The van der Waals surface area contributed by atoms with Crippen molar-refractivity contribution in [1.29, 1.82) is 0 Å². The molecule has 0 bridgehead atoms. The van der Waals surface area contributed by atoms with Crippen molar-refractivity contribution in [2.45, 2.75) is 33.4 Å². The maximum Gasteiger partial charge on any atom is 0.250 e. The summed E-state index contributed by atoms with van der Waals surface area (Å²) in [6, 6.07) is 18.9. The van der Waals surface area contributed by atoms with Crippen molar-refractivity contribution in [3.8, 4) is 5.69 Å². The fourth-order valence-electron chi connectivity index (χ4n) is 3.16. The first-order valence-electron chi connectivity index (χ1n) is 9.65. The number of carbonyl (C=O) groups is 1. The van der Waals surface area contributed by atoms with Crippen molar-refractivity contribution in [2.24, 2.45) is 5.10 Å². The van der Waals surface area contributed by atoms with E-state index in [1.807, 2.05) is 0 Å². The van der Waals surface area contributed by atoms with Gasteiger partial charge in [0.2, 0.25) is 5.91 Å². The van der Waals surface area contributed by atoms with Crippen molar-refractivity contribution in [3.63, 3.8) is 0 Å². The van der Waals surface area contributed by atoms with Gasteiger partial charge in [0.25, 0.3) is 0 Å². The molecule has 150 valence electrons. The van der Waals surface area contributed by atoms with Crippen LogP contribution in [0.5, 0.6) is 0 Å². The number of amides is 1. The van der Waals surface area contributed by atoms with Crippen LogP contribution < -0.4 is 5.43 Å². The molecular weight excluding hydrogens is 378 g/mol. The third kappa shape index (κ3) is 5.61. The average Bonchev–Trinajstić information content (AvgIpc) is 2.98. The molecule has 0 radical (unpaired) electrons. The van der Waals surface area contributed by atoms with Crippen LogP contribution >= 0.6 is 11.8 Å². The predicted octanol–water partition coefficient (Wildman–Crippen LogP) is 5.09. The molecule has 0 aliphatic rings. The molecule has 0 atom stereocenters. The van der Waals surface area contributed by atoms with Gasteiger partial charge in [-0.15, -0.1) is 11.8 Å². The number of aromatic nitrogens is 1. The molecule has 1 N–H and O–H groups in total. The Balaban J connectivity index is 1.54. The van der Waals surface area contributed by atoms with Crippen LogP contribution in [0.1, 0.15) is 33.6 Å². The summed E-state index contributed by atoms with van der Waals surface area (Å²) in [7, 11) is 0. The normalized spacial score (nSPS) is 11.2. The number of aryl methyl sites for hydroxylation is 3. The molecule has 1 heterocycles. The Hall–Kier alpha value is -2.79. The van der Waals surface area contributed by atoms with E-state index in [4.69, 9.17) is 0 Å². The average molecular weight is 406 g/mol. The Bertz CT molecular complexity index is 1000. The Morgan fingerprint density at radius 2 is 1.62 bits per heavy atom. The SMILES string of the molecule is Cc1ccc(CSCC(=O)N/N=C/c2cc(C)n(-c3ccc(C)cc3)c2C)cc1. The minimum atomic E-state index is -0.0919. The van der Waals surface area contributed by atoms with Crippen LogP contribution in [-0.2, 0) is 10.5 Å². The first-order valence-corrected chi connectivity index (χ1v) is 10.8. The number of nitrogens with one attached hydrogen (secondary N) is 1. The molecule has 3 rings (SSSR count). The molecule has 4 nitrogen and oxygen atoms in total. The fourth-order valence-corrected chi connectivity index (χ4v) is 3.94. The van der Waals surface area contributed by atoms with Gasteiger partial charge in [-0.3, -0.25) is 4.79 Å². The zero-order chi connectivity index (χ0) is 20.8. The smallest absolute Gasteiger partial charge is 0.250 e. The summed E-state index contributed by atoms with van der Waals surface area (Å²) < 4.78 is 2.19. The first kappa shape index (κ1) is 20.9. The second kappa shape index (κ2) is 9.61. The van der Waals surface area contributed by atoms with Gasteiger partial charge in [-0.1, -0.05) is 47.5 Å². The molecular formula is C24H27N3OS. The molecule has 0 unspecified atom stereocenters. The summed E-state index contributed by atoms with van der Waals surface area (Å²) in [6.45, 7) is 8.29. The minimum Gasteiger partial charge on any atom is -0.318 e. The molecule has 5 heteroatoms. The standard InChI is InChI=1S/C24H27N3OS/c1-17-5-9-21(10-6-17)15-29-16-24(28)26-25-14-22-13-19(3)27(20(22)4)23-11-7-18(2)8-12-23/h5-14H,15-16H2,1-4H3,(H,26,28)/b25-14+. The zero-order valence-electron chi connectivity index (χ0n) is 17.4. The highest BCUT2D eigenvalue weighted by molar-refractivity contribution is 7.99. The molecule has 0 saturated carbocycles. The highest BCUT2D eigenvalue weighted by atomic mass is 32.2. The van der Waals surface area contributed by atoms with Gasteiger partial charge in [-0.2, -0.15) is 5.10 Å². The molecule has 0 fully saturated rings. The molecule has 2 aromatic carbocycles. The molecule has 0 saturated heterocycles. The predicted molar refractivity (Wildman–Crippen MR) is 123 cm³/mol. The second-order valence-electron chi connectivity index (χ2n) is 7.27. The van der Waals surface area contributed by atoms with Crippen LogP contribution in [0.3, 0.4) is 0 Å². The van der Waals surface area contributed by atoms with Gasteiger partial charge in [0.15, 0.2) is 0 Å². The van der Waals surface area contributed by atoms with E-state index in [1.54, 1.807) is 18.0 Å². The first-order chi connectivity index (χ1) is 13.9. The highest BCUT2D eigenvalue weighted by Crippen LogP contribution is 2.20. The van der Waals surface area contributed by atoms with E-state index < -0.39 is 0 Å². The van der Waals surface area contributed by atoms with E-state index in [2.05, 4.69) is 97.4 Å². The van der Waals surface area contributed by atoms with E-state index in [9.17, 15) is 4.79 Å². The largest absolute Gasteiger partial charge is 0.318 e. The summed E-state index contributed by atoms with van der Waals surface area (Å²) in [5, 5.41) is 4.15. The maximum atomic E-state index is 12.0. The lowest BCUT2D eigenvalue weighted by molar-refractivity contribution is -0.118. The number of nitrogens with zero attached hydrogens (tertiary/aromatic N) is 2. The van der Waals surface area contributed by atoms with Gasteiger partial charge < -0.3 is 4.57 Å².